The van der Waals surface area contributed by atoms with E-state index in [2.05, 4.69) is 0 Å². The molecule has 1 heterocycles. The van der Waals surface area contributed by atoms with E-state index < -0.39 is 5.97 Å². The second-order valence-corrected chi connectivity index (χ2v) is 6.90. The fourth-order valence-electron chi connectivity index (χ4n) is 2.97. The number of aromatic carboxylic acids is 1. The molecular weight excluding hydrogens is 391 g/mol. The molecule has 0 radical (unpaired) electrons. The second kappa shape index (κ2) is 7.98. The summed E-state index contributed by atoms with van der Waals surface area (Å²) in [6, 6.07) is 10.8. The number of benzene rings is 2. The van der Waals surface area contributed by atoms with Crippen molar-refractivity contribution in [2.24, 2.45) is 0 Å². The maximum atomic E-state index is 12.7. The summed E-state index contributed by atoms with van der Waals surface area (Å²) in [6.07, 6.45) is 0. The average Bonchev–Trinajstić information content (AvgIpc) is 2.67. The molecule has 0 aromatic heterocycles. The van der Waals surface area contributed by atoms with Crippen LogP contribution in [0.5, 0.6) is 0 Å². The molecule has 0 saturated carbocycles. The van der Waals surface area contributed by atoms with Gasteiger partial charge in [0.1, 0.15) is 0 Å². The zero-order valence-corrected chi connectivity index (χ0v) is 15.7. The highest BCUT2D eigenvalue weighted by atomic mass is 35.5. The van der Waals surface area contributed by atoms with Gasteiger partial charge in [-0.1, -0.05) is 35.3 Å². The van der Waals surface area contributed by atoms with Crippen LogP contribution in [-0.4, -0.2) is 58.9 Å². The van der Waals surface area contributed by atoms with Gasteiger partial charge in [0, 0.05) is 31.2 Å². The van der Waals surface area contributed by atoms with Crippen LogP contribution in [0.2, 0.25) is 10.0 Å². The van der Waals surface area contributed by atoms with Crippen LogP contribution in [0.15, 0.2) is 42.5 Å². The van der Waals surface area contributed by atoms with Gasteiger partial charge >= 0.3 is 5.97 Å². The van der Waals surface area contributed by atoms with Crippen LogP contribution in [0.3, 0.4) is 0 Å². The molecule has 140 valence electrons. The number of hydrogen-bond donors (Lipinski definition) is 1. The summed E-state index contributed by atoms with van der Waals surface area (Å²) < 4.78 is 0. The van der Waals surface area contributed by atoms with Gasteiger partial charge in [0.2, 0.25) is 0 Å². The Kier molecular flexibility index (Phi) is 5.68. The molecule has 1 fully saturated rings. The molecule has 3 rings (SSSR count). The fourth-order valence-corrected chi connectivity index (χ4v) is 3.46. The number of carboxylic acid groups (broad SMARTS) is 1. The third-order valence-electron chi connectivity index (χ3n) is 4.40. The van der Waals surface area contributed by atoms with Crippen LogP contribution in [0.1, 0.15) is 31.1 Å². The van der Waals surface area contributed by atoms with E-state index >= 15 is 0 Å². The molecule has 0 bridgehead atoms. The third-order valence-corrected chi connectivity index (χ3v) is 4.95. The van der Waals surface area contributed by atoms with Crippen molar-refractivity contribution in [1.29, 1.82) is 0 Å². The summed E-state index contributed by atoms with van der Waals surface area (Å²) >= 11 is 12.0. The third kappa shape index (κ3) is 4.07. The Bertz CT molecular complexity index is 908. The molecule has 0 atom stereocenters. The van der Waals surface area contributed by atoms with Crippen molar-refractivity contribution >= 4 is 41.0 Å². The summed E-state index contributed by atoms with van der Waals surface area (Å²) in [5.74, 6) is -1.73. The van der Waals surface area contributed by atoms with Crippen molar-refractivity contribution in [3.8, 4) is 0 Å². The first kappa shape index (κ1) is 19.2. The maximum absolute atomic E-state index is 12.7. The minimum absolute atomic E-state index is 0.0334. The number of carbonyl (C=O) groups excluding carboxylic acids is 2. The van der Waals surface area contributed by atoms with Gasteiger partial charge in [-0.05, 0) is 30.3 Å². The molecule has 6 nitrogen and oxygen atoms in total. The zero-order valence-electron chi connectivity index (χ0n) is 14.2. The molecule has 8 heteroatoms. The van der Waals surface area contributed by atoms with Gasteiger partial charge in [0.15, 0.2) is 0 Å². The first-order valence-electron chi connectivity index (χ1n) is 8.24. The van der Waals surface area contributed by atoms with Gasteiger partial charge < -0.3 is 14.9 Å². The molecule has 1 aliphatic heterocycles. The predicted molar refractivity (Wildman–Crippen MR) is 102 cm³/mol. The normalized spacial score (nSPS) is 14.1. The number of carbonyl (C=O) groups is 3. The number of piperazine rings is 1. The summed E-state index contributed by atoms with van der Waals surface area (Å²) in [4.78, 5) is 39.8. The number of nitrogens with zero attached hydrogens (tertiary/aromatic N) is 2. The number of carboxylic acids is 1. The highest BCUT2D eigenvalue weighted by Crippen LogP contribution is 2.23. The lowest BCUT2D eigenvalue weighted by atomic mass is 10.1. The van der Waals surface area contributed by atoms with E-state index in [-0.39, 0.29) is 28.0 Å². The van der Waals surface area contributed by atoms with Crippen LogP contribution in [-0.2, 0) is 0 Å². The van der Waals surface area contributed by atoms with Crippen LogP contribution in [0, 0.1) is 0 Å². The van der Waals surface area contributed by atoms with Gasteiger partial charge in [-0.25, -0.2) is 4.79 Å². The van der Waals surface area contributed by atoms with E-state index in [1.165, 1.54) is 18.2 Å². The van der Waals surface area contributed by atoms with E-state index in [0.717, 1.165) is 0 Å². The Morgan fingerprint density at radius 3 is 1.81 bits per heavy atom. The Morgan fingerprint density at radius 2 is 1.30 bits per heavy atom. The van der Waals surface area contributed by atoms with Crippen molar-refractivity contribution < 1.29 is 19.5 Å². The Morgan fingerprint density at radius 1 is 0.778 bits per heavy atom. The molecule has 1 N–H and O–H groups in total. The van der Waals surface area contributed by atoms with Gasteiger partial charge in [-0.2, -0.15) is 0 Å². The minimum Gasteiger partial charge on any atom is -0.478 e. The molecule has 0 spiro atoms. The summed E-state index contributed by atoms with van der Waals surface area (Å²) in [6.45, 7) is 1.28. The van der Waals surface area contributed by atoms with Gasteiger partial charge in [-0.3, -0.25) is 9.59 Å². The van der Waals surface area contributed by atoms with Crippen LogP contribution >= 0.6 is 23.2 Å². The van der Waals surface area contributed by atoms with Gasteiger partial charge in [-0.15, -0.1) is 0 Å². The zero-order chi connectivity index (χ0) is 19.6. The van der Waals surface area contributed by atoms with Crippen LogP contribution < -0.4 is 0 Å². The van der Waals surface area contributed by atoms with E-state index in [9.17, 15) is 19.5 Å². The Hall–Kier alpha value is -2.57. The molecule has 2 aromatic rings. The first-order valence-corrected chi connectivity index (χ1v) is 9.00. The lowest BCUT2D eigenvalue weighted by Gasteiger charge is -2.35. The molecular formula is C19H16Cl2N2O4. The summed E-state index contributed by atoms with van der Waals surface area (Å²) in [5, 5.41) is 9.98. The van der Waals surface area contributed by atoms with Crippen LogP contribution in [0.25, 0.3) is 0 Å². The molecule has 2 aromatic carbocycles. The molecule has 0 unspecified atom stereocenters. The van der Waals surface area contributed by atoms with Crippen molar-refractivity contribution in [2.75, 3.05) is 26.2 Å². The Balaban J connectivity index is 1.69. The molecule has 2 amide bonds. The van der Waals surface area contributed by atoms with Crippen molar-refractivity contribution in [3.63, 3.8) is 0 Å². The summed E-state index contributed by atoms with van der Waals surface area (Å²) in [5.41, 5.74) is 0.469. The van der Waals surface area contributed by atoms with Crippen LogP contribution in [0.4, 0.5) is 0 Å². The highest BCUT2D eigenvalue weighted by Gasteiger charge is 2.28. The van der Waals surface area contributed by atoms with E-state index in [0.29, 0.717) is 36.8 Å². The number of hydrogen-bond acceptors (Lipinski definition) is 3. The topological polar surface area (TPSA) is 77.9 Å². The molecule has 1 saturated heterocycles. The Labute approximate surface area is 165 Å². The average molecular weight is 407 g/mol. The second-order valence-electron chi connectivity index (χ2n) is 6.06. The quantitative estimate of drug-likeness (QED) is 0.847. The monoisotopic (exact) mass is 406 g/mol. The molecule has 0 aliphatic carbocycles. The van der Waals surface area contributed by atoms with Crippen molar-refractivity contribution in [3.05, 3.63) is 69.2 Å². The molecule has 27 heavy (non-hydrogen) atoms. The maximum Gasteiger partial charge on any atom is 0.336 e. The first-order chi connectivity index (χ1) is 12.9. The smallest absolute Gasteiger partial charge is 0.336 e. The van der Waals surface area contributed by atoms with Crippen molar-refractivity contribution in [2.45, 2.75) is 0 Å². The largest absolute Gasteiger partial charge is 0.478 e. The molecule has 1 aliphatic rings. The van der Waals surface area contributed by atoms with E-state index in [4.69, 9.17) is 23.2 Å². The van der Waals surface area contributed by atoms with E-state index in [1.54, 1.807) is 34.1 Å². The van der Waals surface area contributed by atoms with Gasteiger partial charge in [0.05, 0.1) is 21.7 Å². The number of amides is 2. The number of halogens is 2. The minimum atomic E-state index is -1.15. The standard InChI is InChI=1S/C19H16Cl2N2O4/c20-12-5-6-15(16(21)11-12)18(25)23-9-7-22(8-10-23)17(24)13-3-1-2-4-14(13)19(26)27/h1-6,11H,7-10H2,(H,26,27). The lowest BCUT2D eigenvalue weighted by Crippen LogP contribution is -2.50. The highest BCUT2D eigenvalue weighted by molar-refractivity contribution is 6.36. The van der Waals surface area contributed by atoms with E-state index in [1.807, 2.05) is 0 Å². The number of rotatable bonds is 3. The lowest BCUT2D eigenvalue weighted by molar-refractivity contribution is 0.0531. The SMILES string of the molecule is O=C(O)c1ccccc1C(=O)N1CCN(C(=O)c2ccc(Cl)cc2Cl)CC1. The fraction of sp³-hybridized carbons (Fsp3) is 0.211. The van der Waals surface area contributed by atoms with Gasteiger partial charge in [0.25, 0.3) is 11.8 Å². The van der Waals surface area contributed by atoms with Crippen molar-refractivity contribution in [1.82, 2.24) is 9.80 Å². The summed E-state index contributed by atoms with van der Waals surface area (Å²) in [7, 11) is 0. The predicted octanol–water partition coefficient (Wildman–Crippen LogP) is 3.29.